The van der Waals surface area contributed by atoms with Crippen molar-refractivity contribution < 1.29 is 23.1 Å². The van der Waals surface area contributed by atoms with Gasteiger partial charge in [-0.25, -0.2) is 0 Å². The van der Waals surface area contributed by atoms with E-state index in [9.17, 15) is 23.1 Å². The maximum Gasteiger partial charge on any atom is 0.419 e. The van der Waals surface area contributed by atoms with Crippen LogP contribution in [0.5, 0.6) is 0 Å². The highest BCUT2D eigenvalue weighted by Gasteiger charge is 2.57. The van der Waals surface area contributed by atoms with Crippen LogP contribution in [0.2, 0.25) is 0 Å². The number of benzene rings is 1. The molecule has 1 aliphatic heterocycles. The standard InChI is InChI=1S/C16H17F3N2O2/c17-16(18,19)15(23)7-8-21(10-15)14(22)6-5-11-9-20-13-4-2-1-3-12(11)13/h1-4,9,20,23H,5-8,10H2. The molecule has 1 aromatic carbocycles. The Balaban J connectivity index is 1.62. The lowest BCUT2D eigenvalue weighted by Crippen LogP contribution is -2.48. The van der Waals surface area contributed by atoms with Gasteiger partial charge in [0.1, 0.15) is 0 Å². The summed E-state index contributed by atoms with van der Waals surface area (Å²) in [5, 5.41) is 10.6. The van der Waals surface area contributed by atoms with E-state index in [0.29, 0.717) is 6.42 Å². The van der Waals surface area contributed by atoms with Crippen molar-refractivity contribution in [3.8, 4) is 0 Å². The van der Waals surface area contributed by atoms with Crippen LogP contribution in [-0.2, 0) is 11.2 Å². The first-order valence-corrected chi connectivity index (χ1v) is 7.42. The summed E-state index contributed by atoms with van der Waals surface area (Å²) in [5.74, 6) is -0.365. The summed E-state index contributed by atoms with van der Waals surface area (Å²) in [6.07, 6.45) is -2.79. The number of hydrogen-bond acceptors (Lipinski definition) is 2. The third-order valence-corrected chi connectivity index (χ3v) is 4.41. The Morgan fingerprint density at radius 1 is 1.35 bits per heavy atom. The smallest absolute Gasteiger partial charge is 0.379 e. The summed E-state index contributed by atoms with van der Waals surface area (Å²) in [4.78, 5) is 16.3. The SMILES string of the molecule is O=C(CCc1c[nH]c2ccccc12)N1CCC(O)(C(F)(F)F)C1. The van der Waals surface area contributed by atoms with Crippen molar-refractivity contribution in [3.63, 3.8) is 0 Å². The molecule has 1 aromatic heterocycles. The van der Waals surface area contributed by atoms with Crippen molar-refractivity contribution in [1.29, 1.82) is 0 Å². The van der Waals surface area contributed by atoms with Gasteiger partial charge in [-0.3, -0.25) is 4.79 Å². The number of para-hydroxylation sites is 1. The molecule has 0 saturated carbocycles. The van der Waals surface area contributed by atoms with Crippen LogP contribution >= 0.6 is 0 Å². The molecule has 0 spiro atoms. The predicted molar refractivity (Wildman–Crippen MR) is 78.8 cm³/mol. The number of H-pyrrole nitrogens is 1. The van der Waals surface area contributed by atoms with Gasteiger partial charge in [0.2, 0.25) is 5.91 Å². The van der Waals surface area contributed by atoms with E-state index < -0.39 is 24.7 Å². The zero-order valence-corrected chi connectivity index (χ0v) is 12.4. The minimum Gasteiger partial charge on any atom is -0.379 e. The van der Waals surface area contributed by atoms with Gasteiger partial charge in [0.25, 0.3) is 0 Å². The first-order valence-electron chi connectivity index (χ1n) is 7.42. The summed E-state index contributed by atoms with van der Waals surface area (Å²) < 4.78 is 38.3. The van der Waals surface area contributed by atoms with Gasteiger partial charge in [-0.05, 0) is 18.1 Å². The number of aryl methyl sites for hydroxylation is 1. The first-order chi connectivity index (χ1) is 10.8. The van der Waals surface area contributed by atoms with Crippen molar-refractivity contribution in [3.05, 3.63) is 36.0 Å². The molecular weight excluding hydrogens is 309 g/mol. The van der Waals surface area contributed by atoms with Crippen LogP contribution in [0.25, 0.3) is 10.9 Å². The molecule has 1 saturated heterocycles. The lowest BCUT2D eigenvalue weighted by atomic mass is 10.0. The van der Waals surface area contributed by atoms with Crippen LogP contribution in [0, 0.1) is 0 Å². The quantitative estimate of drug-likeness (QED) is 0.911. The number of aliphatic hydroxyl groups is 1. The second-order valence-electron chi connectivity index (χ2n) is 5.95. The second-order valence-corrected chi connectivity index (χ2v) is 5.95. The molecule has 3 rings (SSSR count). The third-order valence-electron chi connectivity index (χ3n) is 4.41. The number of carbonyl (C=O) groups is 1. The highest BCUT2D eigenvalue weighted by Crippen LogP contribution is 2.37. The van der Waals surface area contributed by atoms with Crippen molar-refractivity contribution >= 4 is 16.8 Å². The Morgan fingerprint density at radius 2 is 2.09 bits per heavy atom. The number of likely N-dealkylation sites (tertiary alicyclic amines) is 1. The fraction of sp³-hybridized carbons (Fsp3) is 0.438. The molecule has 124 valence electrons. The number of nitrogens with one attached hydrogen (secondary N) is 1. The maximum absolute atomic E-state index is 12.8. The van der Waals surface area contributed by atoms with Gasteiger partial charge in [-0.1, -0.05) is 18.2 Å². The predicted octanol–water partition coefficient (Wildman–Crippen LogP) is 2.63. The van der Waals surface area contributed by atoms with Crippen LogP contribution < -0.4 is 0 Å². The van der Waals surface area contributed by atoms with Crippen LogP contribution in [0.1, 0.15) is 18.4 Å². The molecule has 0 radical (unpaired) electrons. The van der Waals surface area contributed by atoms with Gasteiger partial charge in [0.15, 0.2) is 5.60 Å². The van der Waals surface area contributed by atoms with Gasteiger partial charge in [0, 0.05) is 36.5 Å². The molecule has 2 heterocycles. The molecule has 1 unspecified atom stereocenters. The van der Waals surface area contributed by atoms with Crippen molar-refractivity contribution in [2.75, 3.05) is 13.1 Å². The van der Waals surface area contributed by atoms with Gasteiger partial charge < -0.3 is 15.0 Å². The molecule has 1 amide bonds. The fourth-order valence-corrected chi connectivity index (χ4v) is 2.98. The summed E-state index contributed by atoms with van der Waals surface area (Å²) >= 11 is 0. The first kappa shape index (κ1) is 15.9. The van der Waals surface area contributed by atoms with Gasteiger partial charge in [-0.15, -0.1) is 0 Å². The van der Waals surface area contributed by atoms with E-state index in [1.165, 1.54) is 0 Å². The van der Waals surface area contributed by atoms with E-state index in [2.05, 4.69) is 4.98 Å². The van der Waals surface area contributed by atoms with Crippen LogP contribution in [0.15, 0.2) is 30.5 Å². The molecule has 4 nitrogen and oxygen atoms in total. The maximum atomic E-state index is 12.8. The molecule has 2 N–H and O–H groups in total. The van der Waals surface area contributed by atoms with E-state index in [4.69, 9.17) is 0 Å². The molecule has 1 atom stereocenters. The van der Waals surface area contributed by atoms with Crippen LogP contribution in [0.3, 0.4) is 0 Å². The van der Waals surface area contributed by atoms with Crippen LogP contribution in [-0.4, -0.2) is 45.8 Å². The van der Waals surface area contributed by atoms with Gasteiger partial charge >= 0.3 is 6.18 Å². The second kappa shape index (κ2) is 5.56. The molecule has 7 heteroatoms. The average Bonchev–Trinajstić information content (AvgIpc) is 3.09. The Kier molecular flexibility index (Phi) is 3.83. The van der Waals surface area contributed by atoms with E-state index in [-0.39, 0.29) is 18.9 Å². The number of alkyl halides is 3. The topological polar surface area (TPSA) is 56.3 Å². The van der Waals surface area contributed by atoms with Crippen molar-refractivity contribution in [1.82, 2.24) is 9.88 Å². The summed E-state index contributed by atoms with van der Waals surface area (Å²) in [5.41, 5.74) is -0.856. The Bertz CT molecular complexity index is 725. The molecule has 2 aromatic rings. The van der Waals surface area contributed by atoms with Crippen LogP contribution in [0.4, 0.5) is 13.2 Å². The molecule has 1 fully saturated rings. The minimum atomic E-state index is -4.71. The van der Waals surface area contributed by atoms with E-state index in [1.54, 1.807) is 0 Å². The number of carbonyl (C=O) groups excluding carboxylic acids is 1. The number of nitrogens with zero attached hydrogens (tertiary/aromatic N) is 1. The van der Waals surface area contributed by atoms with Crippen molar-refractivity contribution in [2.45, 2.75) is 31.0 Å². The zero-order valence-electron chi connectivity index (χ0n) is 12.4. The summed E-state index contributed by atoms with van der Waals surface area (Å²) in [6.45, 7) is -0.744. The number of fused-ring (bicyclic) bond motifs is 1. The molecular formula is C16H17F3N2O2. The Hall–Kier alpha value is -2.02. The lowest BCUT2D eigenvalue weighted by Gasteiger charge is -2.25. The number of amides is 1. The molecule has 0 bridgehead atoms. The van der Waals surface area contributed by atoms with E-state index in [1.807, 2.05) is 30.5 Å². The number of aromatic amines is 1. The number of β-amino-alcohol motifs (C(OH)–C–C–N with tert-alkyl or cyclic N) is 1. The third kappa shape index (κ3) is 2.93. The average molecular weight is 326 g/mol. The van der Waals surface area contributed by atoms with Gasteiger partial charge in [0.05, 0.1) is 6.54 Å². The van der Waals surface area contributed by atoms with E-state index in [0.717, 1.165) is 21.4 Å². The minimum absolute atomic E-state index is 0.0667. The largest absolute Gasteiger partial charge is 0.419 e. The lowest BCUT2D eigenvalue weighted by molar-refractivity contribution is -0.253. The number of hydrogen-bond donors (Lipinski definition) is 2. The number of rotatable bonds is 3. The molecule has 0 aliphatic carbocycles. The Morgan fingerprint density at radius 3 is 2.78 bits per heavy atom. The number of aromatic nitrogens is 1. The zero-order chi connectivity index (χ0) is 16.7. The molecule has 1 aliphatic rings. The van der Waals surface area contributed by atoms with Gasteiger partial charge in [-0.2, -0.15) is 13.2 Å². The normalized spacial score (nSPS) is 22.0. The number of halogens is 3. The monoisotopic (exact) mass is 326 g/mol. The summed E-state index contributed by atoms with van der Waals surface area (Å²) in [6, 6.07) is 7.65. The van der Waals surface area contributed by atoms with Crippen molar-refractivity contribution in [2.24, 2.45) is 0 Å². The highest BCUT2D eigenvalue weighted by molar-refractivity contribution is 5.84. The van der Waals surface area contributed by atoms with E-state index >= 15 is 0 Å². The fourth-order valence-electron chi connectivity index (χ4n) is 2.98. The molecule has 23 heavy (non-hydrogen) atoms. The summed E-state index contributed by atoms with van der Waals surface area (Å²) in [7, 11) is 0. The Labute approximate surface area is 130 Å². The highest BCUT2D eigenvalue weighted by atomic mass is 19.4.